The topological polar surface area (TPSA) is 69.4 Å². The van der Waals surface area contributed by atoms with Gasteiger partial charge in [-0.25, -0.2) is 9.97 Å². The van der Waals surface area contributed by atoms with E-state index in [2.05, 4.69) is 14.7 Å². The van der Waals surface area contributed by atoms with Crippen LogP contribution in [0.4, 0.5) is 13.2 Å². The number of pyridine rings is 1. The van der Waals surface area contributed by atoms with Gasteiger partial charge in [-0.15, -0.1) is 13.2 Å². The molecule has 6 nitrogen and oxygen atoms in total. The van der Waals surface area contributed by atoms with Crippen LogP contribution in [0.2, 0.25) is 5.15 Å². The molecule has 0 aliphatic carbocycles. The number of fused-ring (bicyclic) bond motifs is 1. The molecule has 0 aliphatic rings. The minimum absolute atomic E-state index is 0.0987. The zero-order chi connectivity index (χ0) is 18.9. The number of aliphatic hydroxyl groups is 1. The lowest BCUT2D eigenvalue weighted by Crippen LogP contribution is -2.17. The Morgan fingerprint density at radius 1 is 1.15 bits per heavy atom. The van der Waals surface area contributed by atoms with Gasteiger partial charge in [0, 0.05) is 7.11 Å². The maximum Gasteiger partial charge on any atom is 0.573 e. The van der Waals surface area contributed by atoms with Crippen LogP contribution in [0, 0.1) is 0 Å². The van der Waals surface area contributed by atoms with E-state index in [1.807, 2.05) is 0 Å². The van der Waals surface area contributed by atoms with Crippen molar-refractivity contribution in [1.82, 2.24) is 14.5 Å². The molecule has 0 bridgehead atoms. The van der Waals surface area contributed by atoms with Crippen LogP contribution in [-0.2, 0) is 11.5 Å². The Labute approximate surface area is 150 Å². The number of alkyl halides is 3. The Hall–Kier alpha value is -2.36. The largest absolute Gasteiger partial charge is 0.573 e. The standard InChI is InChI=1S/C16H13ClF3N3O3/c1-25-8-23-11-6-7-12(17)21-14(11)22-15(23)13(24)9-2-4-10(5-3-9)26-16(18,19)20/h2-7,13,24H,8H2,1H3. The minimum atomic E-state index is -4.78. The quantitative estimate of drug-likeness (QED) is 0.676. The molecule has 0 spiro atoms. The van der Waals surface area contributed by atoms with E-state index in [0.29, 0.717) is 16.7 Å². The van der Waals surface area contributed by atoms with Crippen LogP contribution in [0.3, 0.4) is 0 Å². The zero-order valence-corrected chi connectivity index (χ0v) is 14.1. The molecule has 26 heavy (non-hydrogen) atoms. The second-order valence-corrected chi connectivity index (χ2v) is 5.70. The fraction of sp³-hybridized carbons (Fsp3) is 0.250. The summed E-state index contributed by atoms with van der Waals surface area (Å²) in [5.74, 6) is -0.159. The first kappa shape index (κ1) is 18.4. The number of imidazole rings is 1. The molecule has 3 aromatic rings. The summed E-state index contributed by atoms with van der Waals surface area (Å²) >= 11 is 5.86. The highest BCUT2D eigenvalue weighted by Gasteiger charge is 2.31. The second-order valence-electron chi connectivity index (χ2n) is 5.31. The van der Waals surface area contributed by atoms with Gasteiger partial charge in [0.2, 0.25) is 0 Å². The third-order valence-corrected chi connectivity index (χ3v) is 3.75. The molecule has 0 saturated heterocycles. The van der Waals surface area contributed by atoms with E-state index in [9.17, 15) is 18.3 Å². The van der Waals surface area contributed by atoms with Crippen LogP contribution < -0.4 is 4.74 Å². The van der Waals surface area contributed by atoms with Gasteiger partial charge >= 0.3 is 6.36 Å². The summed E-state index contributed by atoms with van der Waals surface area (Å²) in [6.45, 7) is 0.0987. The van der Waals surface area contributed by atoms with E-state index in [-0.39, 0.29) is 23.5 Å². The van der Waals surface area contributed by atoms with Crippen LogP contribution in [0.25, 0.3) is 11.2 Å². The summed E-state index contributed by atoms with van der Waals surface area (Å²) in [6, 6.07) is 8.14. The maximum absolute atomic E-state index is 12.2. The predicted octanol–water partition coefficient (Wildman–Crippen LogP) is 3.67. The Balaban J connectivity index is 1.96. The normalized spacial score (nSPS) is 13.2. The van der Waals surface area contributed by atoms with Crippen molar-refractivity contribution >= 4 is 22.8 Å². The average molecular weight is 388 g/mol. The first-order valence-corrected chi connectivity index (χ1v) is 7.71. The van der Waals surface area contributed by atoms with E-state index in [1.165, 1.54) is 19.2 Å². The lowest BCUT2D eigenvalue weighted by Gasteiger charge is -2.14. The van der Waals surface area contributed by atoms with Gasteiger partial charge in [-0.05, 0) is 29.8 Å². The van der Waals surface area contributed by atoms with Gasteiger partial charge in [0.1, 0.15) is 29.6 Å². The summed E-state index contributed by atoms with van der Waals surface area (Å²) in [4.78, 5) is 8.37. The summed E-state index contributed by atoms with van der Waals surface area (Å²) < 4.78 is 47.3. The predicted molar refractivity (Wildman–Crippen MR) is 86.7 cm³/mol. The van der Waals surface area contributed by atoms with E-state index >= 15 is 0 Å². The molecule has 0 radical (unpaired) electrons. The number of methoxy groups -OCH3 is 1. The van der Waals surface area contributed by atoms with Gasteiger partial charge in [-0.3, -0.25) is 4.57 Å². The third-order valence-electron chi connectivity index (χ3n) is 3.54. The van der Waals surface area contributed by atoms with Crippen molar-refractivity contribution in [2.45, 2.75) is 19.2 Å². The van der Waals surface area contributed by atoms with Crippen LogP contribution in [0.15, 0.2) is 36.4 Å². The molecule has 2 heterocycles. The van der Waals surface area contributed by atoms with Crippen LogP contribution in [0.1, 0.15) is 17.5 Å². The van der Waals surface area contributed by atoms with E-state index in [0.717, 1.165) is 12.1 Å². The van der Waals surface area contributed by atoms with Gasteiger partial charge in [-0.2, -0.15) is 0 Å². The average Bonchev–Trinajstić information content (AvgIpc) is 2.91. The molecule has 0 aliphatic heterocycles. The number of hydrogen-bond donors (Lipinski definition) is 1. The molecular formula is C16H13ClF3N3O3. The van der Waals surface area contributed by atoms with Gasteiger partial charge in [-0.1, -0.05) is 23.7 Å². The SMILES string of the molecule is COCn1c(C(O)c2ccc(OC(F)(F)F)cc2)nc2nc(Cl)ccc21. The lowest BCUT2D eigenvalue weighted by atomic mass is 10.1. The first-order valence-electron chi connectivity index (χ1n) is 7.34. The van der Waals surface area contributed by atoms with Gasteiger partial charge < -0.3 is 14.6 Å². The molecule has 0 saturated carbocycles. The number of ether oxygens (including phenoxy) is 2. The smallest absolute Gasteiger partial charge is 0.406 e. The minimum Gasteiger partial charge on any atom is -0.406 e. The van der Waals surface area contributed by atoms with Crippen molar-refractivity contribution < 1.29 is 27.8 Å². The molecule has 1 unspecified atom stereocenters. The van der Waals surface area contributed by atoms with Crippen molar-refractivity contribution in [3.63, 3.8) is 0 Å². The van der Waals surface area contributed by atoms with E-state index in [1.54, 1.807) is 16.7 Å². The number of aromatic nitrogens is 3. The fourth-order valence-corrected chi connectivity index (χ4v) is 2.62. The monoisotopic (exact) mass is 387 g/mol. The molecule has 138 valence electrons. The molecule has 0 amide bonds. The molecule has 10 heteroatoms. The summed E-state index contributed by atoms with van der Waals surface area (Å²) in [7, 11) is 1.48. The maximum atomic E-state index is 12.2. The molecule has 0 fully saturated rings. The van der Waals surface area contributed by atoms with E-state index in [4.69, 9.17) is 16.3 Å². The Morgan fingerprint density at radius 2 is 1.85 bits per heavy atom. The van der Waals surface area contributed by atoms with Crippen LogP contribution in [0.5, 0.6) is 5.75 Å². The number of rotatable bonds is 5. The van der Waals surface area contributed by atoms with Gasteiger partial charge in [0.05, 0.1) is 5.52 Å². The number of halogens is 4. The van der Waals surface area contributed by atoms with Gasteiger partial charge in [0.15, 0.2) is 5.65 Å². The molecule has 3 rings (SSSR count). The fourth-order valence-electron chi connectivity index (χ4n) is 2.48. The number of benzene rings is 1. The second kappa shape index (κ2) is 7.10. The van der Waals surface area contributed by atoms with Crippen molar-refractivity contribution in [1.29, 1.82) is 0 Å². The number of aliphatic hydroxyl groups excluding tert-OH is 1. The summed E-state index contributed by atoms with van der Waals surface area (Å²) in [5, 5.41) is 10.9. The number of hydrogen-bond acceptors (Lipinski definition) is 5. The molecule has 2 aromatic heterocycles. The van der Waals surface area contributed by atoms with Crippen molar-refractivity contribution in [3.05, 3.63) is 52.9 Å². The molecule has 1 atom stereocenters. The molecular weight excluding hydrogens is 375 g/mol. The highest BCUT2D eigenvalue weighted by molar-refractivity contribution is 6.29. The van der Waals surface area contributed by atoms with Gasteiger partial charge in [0.25, 0.3) is 0 Å². The van der Waals surface area contributed by atoms with Crippen LogP contribution >= 0.6 is 11.6 Å². The highest BCUT2D eigenvalue weighted by atomic mass is 35.5. The molecule has 1 N–H and O–H groups in total. The number of nitrogens with zero attached hydrogens (tertiary/aromatic N) is 3. The summed E-state index contributed by atoms with van der Waals surface area (Å²) in [6.07, 6.45) is -5.99. The van der Waals surface area contributed by atoms with Crippen molar-refractivity contribution in [2.75, 3.05) is 7.11 Å². The lowest BCUT2D eigenvalue weighted by molar-refractivity contribution is -0.274. The Kier molecular flexibility index (Phi) is 5.03. The summed E-state index contributed by atoms with van der Waals surface area (Å²) in [5.41, 5.74) is 1.25. The Morgan fingerprint density at radius 3 is 2.46 bits per heavy atom. The Bertz CT molecular complexity index is 913. The molecule has 1 aromatic carbocycles. The van der Waals surface area contributed by atoms with Crippen molar-refractivity contribution in [3.8, 4) is 5.75 Å². The van der Waals surface area contributed by atoms with Crippen molar-refractivity contribution in [2.24, 2.45) is 0 Å². The highest BCUT2D eigenvalue weighted by Crippen LogP contribution is 2.28. The zero-order valence-electron chi connectivity index (χ0n) is 13.4. The third kappa shape index (κ3) is 3.90. The first-order chi connectivity index (χ1) is 12.3. The van der Waals surface area contributed by atoms with E-state index < -0.39 is 12.5 Å². The van der Waals surface area contributed by atoms with Crippen LogP contribution in [-0.4, -0.2) is 33.1 Å².